The van der Waals surface area contributed by atoms with Gasteiger partial charge < -0.3 is 45.1 Å². The van der Waals surface area contributed by atoms with Crippen molar-refractivity contribution >= 4 is 11.9 Å². The second kappa shape index (κ2) is 55.3. The van der Waals surface area contributed by atoms with Crippen molar-refractivity contribution in [1.29, 1.82) is 0 Å². The zero-order valence-corrected chi connectivity index (χ0v) is 49.4. The Hall–Kier alpha value is -2.64. The molecule has 7 unspecified atom stereocenters. The number of carbonyl (C=O) groups is 2. The van der Waals surface area contributed by atoms with Gasteiger partial charge in [-0.1, -0.05) is 254 Å². The molecule has 77 heavy (non-hydrogen) atoms. The van der Waals surface area contributed by atoms with Crippen molar-refractivity contribution in [3.05, 3.63) is 60.8 Å². The summed E-state index contributed by atoms with van der Waals surface area (Å²) >= 11 is 0. The van der Waals surface area contributed by atoms with E-state index < -0.39 is 49.5 Å². The number of carbonyl (C=O) groups excluding carboxylic acids is 2. The lowest BCUT2D eigenvalue weighted by Crippen LogP contribution is -2.60. The summed E-state index contributed by atoms with van der Waals surface area (Å²) in [6, 6.07) is -0.816. The standard InChI is InChI=1S/C66H119NO10/c1-3-5-7-9-11-13-15-17-25-29-32-36-40-44-48-52-59(69)58(57-76-66-65(74)64(73)63(72)60(56-68)77-66)67-61(70)53-49-45-41-37-33-30-26-23-21-19-18-20-22-24-27-31-35-39-43-47-51-55-75-62(71)54-50-46-42-38-34-28-16-14-12-10-8-6-4-2/h8,10,14,16,31,35,43,47-48,52,58-60,63-66,68-69,72-74H,3-7,9,11-13,15,17-30,32-34,36-42,44-46,49-51,53-57H2,1-2H3,(H,67,70)/b10-8-,16-14-,35-31-,47-43-,52-48+. The van der Waals surface area contributed by atoms with Gasteiger partial charge in [0.2, 0.25) is 5.91 Å². The molecule has 0 aromatic carbocycles. The average molecular weight is 1090 g/mol. The number of esters is 1. The second-order valence-corrected chi connectivity index (χ2v) is 22.1. The Morgan fingerprint density at radius 2 is 0.896 bits per heavy atom. The Labute approximate surface area is 471 Å². The van der Waals surface area contributed by atoms with Crippen molar-refractivity contribution in [3.8, 4) is 0 Å². The molecule has 7 atom stereocenters. The number of hydrogen-bond donors (Lipinski definition) is 6. The highest BCUT2D eigenvalue weighted by Gasteiger charge is 2.44. The van der Waals surface area contributed by atoms with Gasteiger partial charge in [-0.3, -0.25) is 9.59 Å². The predicted molar refractivity (Wildman–Crippen MR) is 320 cm³/mol. The van der Waals surface area contributed by atoms with Crippen LogP contribution < -0.4 is 5.32 Å². The largest absolute Gasteiger partial charge is 0.465 e. The average Bonchev–Trinajstić information content (AvgIpc) is 3.43. The van der Waals surface area contributed by atoms with Gasteiger partial charge in [-0.05, 0) is 77.0 Å². The van der Waals surface area contributed by atoms with Crippen molar-refractivity contribution in [2.75, 3.05) is 19.8 Å². The number of allylic oxidation sites excluding steroid dienone is 8. The number of rotatable bonds is 55. The second-order valence-electron chi connectivity index (χ2n) is 22.1. The summed E-state index contributed by atoms with van der Waals surface area (Å²) in [6.45, 7) is 4.17. The lowest BCUT2D eigenvalue weighted by Gasteiger charge is -2.40. The first-order valence-electron chi connectivity index (χ1n) is 32.1. The number of nitrogens with one attached hydrogen (secondary N) is 1. The molecule has 1 heterocycles. The fourth-order valence-electron chi connectivity index (χ4n) is 9.78. The van der Waals surface area contributed by atoms with Crippen molar-refractivity contribution < 1.29 is 49.3 Å². The first kappa shape index (κ1) is 72.4. The Kier molecular flexibility index (Phi) is 52.0. The van der Waals surface area contributed by atoms with Crippen LogP contribution in [0.1, 0.15) is 284 Å². The molecule has 11 heteroatoms. The Bertz CT molecular complexity index is 1460. The van der Waals surface area contributed by atoms with E-state index in [2.05, 4.69) is 67.8 Å². The molecule has 0 aliphatic carbocycles. The molecule has 0 saturated carbocycles. The molecule has 0 spiro atoms. The van der Waals surface area contributed by atoms with Crippen molar-refractivity contribution in [3.63, 3.8) is 0 Å². The molecule has 1 fully saturated rings. The molecule has 6 N–H and O–H groups in total. The first-order chi connectivity index (χ1) is 37.7. The van der Waals surface area contributed by atoms with Crippen LogP contribution in [-0.4, -0.2) is 100 Å². The van der Waals surface area contributed by atoms with E-state index in [1.54, 1.807) is 6.08 Å². The van der Waals surface area contributed by atoms with Crippen LogP contribution in [0, 0.1) is 0 Å². The quantitative estimate of drug-likeness (QED) is 0.0195. The van der Waals surface area contributed by atoms with E-state index in [9.17, 15) is 35.1 Å². The maximum atomic E-state index is 13.1. The van der Waals surface area contributed by atoms with Gasteiger partial charge >= 0.3 is 5.97 Å². The van der Waals surface area contributed by atoms with Gasteiger partial charge in [0.05, 0.1) is 32.0 Å². The fourth-order valence-corrected chi connectivity index (χ4v) is 9.78. The maximum Gasteiger partial charge on any atom is 0.305 e. The van der Waals surface area contributed by atoms with Crippen LogP contribution in [0.15, 0.2) is 60.8 Å². The molecular weight excluding hydrogens is 967 g/mol. The Balaban J connectivity index is 2.10. The SMILES string of the molecule is CCC/C=C\C/C=C\CCCCCCCC(=O)OCC/C=C\C/C=C\CCCCCCCCCCCCCCCCC(=O)NC(COC1OC(CO)C(O)C(O)C1O)C(O)/C=C/CCCCCCCCCCCCCCC. The lowest BCUT2D eigenvalue weighted by molar-refractivity contribution is -0.302. The molecule has 1 rings (SSSR count). The normalized spacial score (nSPS) is 19.0. The van der Waals surface area contributed by atoms with E-state index in [1.807, 2.05) is 6.08 Å². The van der Waals surface area contributed by atoms with Crippen molar-refractivity contribution in [2.24, 2.45) is 0 Å². The summed E-state index contributed by atoms with van der Waals surface area (Å²) < 4.78 is 16.7. The third kappa shape index (κ3) is 44.8. The minimum atomic E-state index is -1.57. The fraction of sp³-hybridized carbons (Fsp3) is 0.818. The van der Waals surface area contributed by atoms with E-state index in [0.29, 0.717) is 19.4 Å². The molecule has 11 nitrogen and oxygen atoms in total. The number of ether oxygens (including phenoxy) is 3. The highest BCUT2D eigenvalue weighted by atomic mass is 16.7. The van der Waals surface area contributed by atoms with E-state index in [4.69, 9.17) is 14.2 Å². The summed E-state index contributed by atoms with van der Waals surface area (Å²) in [7, 11) is 0. The van der Waals surface area contributed by atoms with E-state index >= 15 is 0 Å². The minimum absolute atomic E-state index is 0.0642. The highest BCUT2D eigenvalue weighted by Crippen LogP contribution is 2.23. The smallest absolute Gasteiger partial charge is 0.305 e. The van der Waals surface area contributed by atoms with Crippen molar-refractivity contribution in [2.45, 2.75) is 326 Å². The van der Waals surface area contributed by atoms with Gasteiger partial charge in [-0.15, -0.1) is 0 Å². The number of aliphatic hydroxyl groups excluding tert-OH is 5. The number of aliphatic hydroxyl groups is 5. The maximum absolute atomic E-state index is 13.1. The molecule has 1 amide bonds. The molecule has 1 aliphatic heterocycles. The summed E-state index contributed by atoms with van der Waals surface area (Å²) in [5.41, 5.74) is 0. The molecule has 0 bridgehead atoms. The molecule has 0 aromatic heterocycles. The van der Waals surface area contributed by atoms with Crippen LogP contribution in [0.4, 0.5) is 0 Å². The molecule has 0 aromatic rings. The lowest BCUT2D eigenvalue weighted by atomic mass is 9.99. The third-order valence-electron chi connectivity index (χ3n) is 14.8. The van der Waals surface area contributed by atoms with Gasteiger partial charge in [-0.25, -0.2) is 0 Å². The Morgan fingerprint density at radius 3 is 1.36 bits per heavy atom. The van der Waals surface area contributed by atoms with E-state index in [-0.39, 0.29) is 18.5 Å². The topological polar surface area (TPSA) is 175 Å². The number of hydrogen-bond acceptors (Lipinski definition) is 10. The van der Waals surface area contributed by atoms with Crippen LogP contribution in [0.5, 0.6) is 0 Å². The van der Waals surface area contributed by atoms with Crippen LogP contribution in [0.2, 0.25) is 0 Å². The van der Waals surface area contributed by atoms with Crippen molar-refractivity contribution in [1.82, 2.24) is 5.32 Å². The van der Waals surface area contributed by atoms with Gasteiger partial charge in [0, 0.05) is 12.8 Å². The van der Waals surface area contributed by atoms with Crippen LogP contribution in [0.3, 0.4) is 0 Å². The minimum Gasteiger partial charge on any atom is -0.465 e. The number of amides is 1. The molecule has 0 radical (unpaired) electrons. The van der Waals surface area contributed by atoms with Crippen LogP contribution in [0.25, 0.3) is 0 Å². The summed E-state index contributed by atoms with van der Waals surface area (Å²) in [5, 5.41) is 54.5. The Morgan fingerprint density at radius 1 is 0.481 bits per heavy atom. The van der Waals surface area contributed by atoms with Gasteiger partial charge in [-0.2, -0.15) is 0 Å². The van der Waals surface area contributed by atoms with Crippen LogP contribution >= 0.6 is 0 Å². The molecule has 1 aliphatic rings. The monoisotopic (exact) mass is 1090 g/mol. The van der Waals surface area contributed by atoms with E-state index in [0.717, 1.165) is 83.5 Å². The first-order valence-corrected chi connectivity index (χ1v) is 32.1. The summed E-state index contributed by atoms with van der Waals surface area (Å²) in [5.74, 6) is -0.250. The van der Waals surface area contributed by atoms with Gasteiger partial charge in [0.1, 0.15) is 24.4 Å². The summed E-state index contributed by atoms with van der Waals surface area (Å²) in [6.07, 6.45) is 61.8. The van der Waals surface area contributed by atoms with Crippen LogP contribution in [-0.2, 0) is 23.8 Å². The predicted octanol–water partition coefficient (Wildman–Crippen LogP) is 15.4. The zero-order chi connectivity index (χ0) is 55.9. The zero-order valence-electron chi connectivity index (χ0n) is 49.4. The van der Waals surface area contributed by atoms with Gasteiger partial charge in [0.15, 0.2) is 6.29 Å². The van der Waals surface area contributed by atoms with Gasteiger partial charge in [0.25, 0.3) is 0 Å². The highest BCUT2D eigenvalue weighted by molar-refractivity contribution is 5.76. The number of unbranched alkanes of at least 4 members (excludes halogenated alkanes) is 33. The van der Waals surface area contributed by atoms with E-state index in [1.165, 1.54) is 173 Å². The molecule has 1 saturated heterocycles. The summed E-state index contributed by atoms with van der Waals surface area (Å²) in [4.78, 5) is 25.1. The molecular formula is C66H119NO10. The third-order valence-corrected chi connectivity index (χ3v) is 14.8. The molecule has 448 valence electrons.